The monoisotopic (exact) mass is 347 g/mol. The lowest BCUT2D eigenvalue weighted by atomic mass is 9.97. The van der Waals surface area contributed by atoms with Gasteiger partial charge in [0.15, 0.2) is 0 Å². The van der Waals surface area contributed by atoms with Crippen LogP contribution in [0.25, 0.3) is 0 Å². The smallest absolute Gasteiger partial charge is 0.251 e. The summed E-state index contributed by atoms with van der Waals surface area (Å²) in [5.41, 5.74) is 9.69. The number of nitrogens with zero attached hydrogens (tertiary/aromatic N) is 2. The van der Waals surface area contributed by atoms with Gasteiger partial charge in [-0.05, 0) is 49.4 Å². The van der Waals surface area contributed by atoms with E-state index in [1.807, 2.05) is 22.3 Å². The molecule has 1 amide bonds. The van der Waals surface area contributed by atoms with E-state index in [9.17, 15) is 4.79 Å². The molecule has 2 aliphatic heterocycles. The molecule has 26 heavy (non-hydrogen) atoms. The molecule has 1 N–H and O–H groups in total. The van der Waals surface area contributed by atoms with Crippen LogP contribution in [-0.4, -0.2) is 21.9 Å². The largest absolute Gasteiger partial charge is 0.311 e. The number of carbonyl (C=O) groups is 1. The van der Waals surface area contributed by atoms with Crippen LogP contribution in [0.4, 0.5) is 0 Å². The lowest BCUT2D eigenvalue weighted by molar-refractivity contribution is -0.134. The van der Waals surface area contributed by atoms with E-state index in [0.717, 1.165) is 12.0 Å². The van der Waals surface area contributed by atoms with Crippen molar-refractivity contribution in [2.24, 2.45) is 0 Å². The van der Waals surface area contributed by atoms with Crippen LogP contribution in [-0.2, 0) is 11.3 Å². The number of aryl methyl sites for hydroxylation is 3. The molecule has 0 saturated carbocycles. The number of benzene rings is 2. The summed E-state index contributed by atoms with van der Waals surface area (Å²) in [4.78, 5) is 14.8. The first kappa shape index (κ1) is 16.9. The predicted octanol–water partition coefficient (Wildman–Crippen LogP) is 3.75. The zero-order valence-electron chi connectivity index (χ0n) is 15.6. The number of hydrogen-bond donors (Lipinski definition) is 1. The molecule has 2 aromatic carbocycles. The van der Waals surface area contributed by atoms with Gasteiger partial charge in [0.25, 0.3) is 5.91 Å². The molecule has 2 aromatic rings. The van der Waals surface area contributed by atoms with Crippen molar-refractivity contribution in [3.63, 3.8) is 0 Å². The minimum absolute atomic E-state index is 0.142. The Morgan fingerprint density at radius 2 is 1.77 bits per heavy atom. The molecule has 1 saturated heterocycles. The average Bonchev–Trinajstić information content (AvgIpc) is 3.07. The second kappa shape index (κ2) is 6.61. The van der Waals surface area contributed by atoms with E-state index in [0.29, 0.717) is 6.54 Å². The summed E-state index contributed by atoms with van der Waals surface area (Å²) in [6.45, 7) is 6.95. The van der Waals surface area contributed by atoms with Gasteiger partial charge in [0.2, 0.25) is 0 Å². The molecule has 0 spiro atoms. The fraction of sp³-hybridized carbons (Fsp3) is 0.318. The van der Waals surface area contributed by atoms with Crippen LogP contribution in [0.3, 0.4) is 0 Å². The minimum Gasteiger partial charge on any atom is -0.311 e. The topological polar surface area (TPSA) is 35.6 Å². The fourth-order valence-electron chi connectivity index (χ4n) is 3.66. The number of nitrogens with one attached hydrogen (secondary N) is 1. The van der Waals surface area contributed by atoms with Crippen molar-refractivity contribution in [3.05, 3.63) is 82.7 Å². The first-order chi connectivity index (χ1) is 12.5. The molecule has 0 bridgehead atoms. The summed E-state index contributed by atoms with van der Waals surface area (Å²) in [7, 11) is 0. The summed E-state index contributed by atoms with van der Waals surface area (Å²) in [6.07, 6.45) is 4.66. The van der Waals surface area contributed by atoms with Crippen LogP contribution in [0.15, 0.2) is 54.9 Å². The predicted molar refractivity (Wildman–Crippen MR) is 103 cm³/mol. The number of hydrogen-bond acceptors (Lipinski definition) is 3. The van der Waals surface area contributed by atoms with Crippen molar-refractivity contribution < 1.29 is 4.79 Å². The molecule has 1 fully saturated rings. The third-order valence-electron chi connectivity index (χ3n) is 5.48. The third-order valence-corrected chi connectivity index (χ3v) is 5.48. The molecule has 0 radical (unpaired) electrons. The van der Waals surface area contributed by atoms with Crippen molar-refractivity contribution >= 4 is 5.91 Å². The van der Waals surface area contributed by atoms with Gasteiger partial charge in [0.1, 0.15) is 6.04 Å². The zero-order chi connectivity index (χ0) is 18.3. The highest BCUT2D eigenvalue weighted by molar-refractivity contribution is 5.84. The van der Waals surface area contributed by atoms with Crippen LogP contribution in [0.2, 0.25) is 0 Å². The average molecular weight is 347 g/mol. The second-order valence-corrected chi connectivity index (χ2v) is 7.43. The maximum absolute atomic E-state index is 13.0. The van der Waals surface area contributed by atoms with Crippen LogP contribution in [0.1, 0.15) is 40.3 Å². The van der Waals surface area contributed by atoms with Gasteiger partial charge in [-0.2, -0.15) is 0 Å². The second-order valence-electron chi connectivity index (χ2n) is 7.43. The Hall–Kier alpha value is -2.59. The molecule has 2 aliphatic rings. The Bertz CT molecular complexity index is 856. The minimum atomic E-state index is -0.142. The zero-order valence-corrected chi connectivity index (χ0v) is 15.6. The lowest BCUT2D eigenvalue weighted by Crippen LogP contribution is -2.47. The Morgan fingerprint density at radius 1 is 1.00 bits per heavy atom. The third kappa shape index (κ3) is 3.13. The first-order valence-corrected chi connectivity index (χ1v) is 9.17. The number of carbonyl (C=O) groups excluding carboxylic acids is 1. The van der Waals surface area contributed by atoms with Crippen molar-refractivity contribution in [3.8, 4) is 0 Å². The molecule has 4 rings (SSSR count). The van der Waals surface area contributed by atoms with E-state index in [-0.39, 0.29) is 18.0 Å². The molecule has 4 nitrogen and oxygen atoms in total. The van der Waals surface area contributed by atoms with E-state index in [2.05, 4.69) is 68.7 Å². The highest BCUT2D eigenvalue weighted by Gasteiger charge is 2.39. The van der Waals surface area contributed by atoms with Crippen LogP contribution >= 0.6 is 0 Å². The van der Waals surface area contributed by atoms with Gasteiger partial charge < -0.3 is 9.91 Å². The highest BCUT2D eigenvalue weighted by atomic mass is 16.2. The Morgan fingerprint density at radius 3 is 2.50 bits per heavy atom. The molecule has 0 aliphatic carbocycles. The van der Waals surface area contributed by atoms with E-state index in [1.54, 1.807) is 0 Å². The number of fused-ring (bicyclic) bond motifs is 1. The Kier molecular flexibility index (Phi) is 4.29. The van der Waals surface area contributed by atoms with E-state index < -0.39 is 0 Å². The van der Waals surface area contributed by atoms with Gasteiger partial charge in [-0.15, -0.1) is 0 Å². The first-order valence-electron chi connectivity index (χ1n) is 9.17. The van der Waals surface area contributed by atoms with Crippen molar-refractivity contribution in [1.29, 1.82) is 0 Å². The fourth-order valence-corrected chi connectivity index (χ4v) is 3.66. The van der Waals surface area contributed by atoms with E-state index in [4.69, 9.17) is 0 Å². The molecular weight excluding hydrogens is 322 g/mol. The molecule has 134 valence electrons. The van der Waals surface area contributed by atoms with Gasteiger partial charge in [-0.1, -0.05) is 48.0 Å². The molecular formula is C22H25N3O. The van der Waals surface area contributed by atoms with Gasteiger partial charge in [0.05, 0.1) is 12.6 Å². The van der Waals surface area contributed by atoms with E-state index in [1.165, 1.54) is 22.3 Å². The quantitative estimate of drug-likeness (QED) is 0.919. The molecule has 4 heteroatoms. The number of amides is 1. The highest BCUT2D eigenvalue weighted by Crippen LogP contribution is 2.32. The summed E-state index contributed by atoms with van der Waals surface area (Å²) < 4.78 is 0. The molecule has 2 unspecified atom stereocenters. The number of rotatable bonds is 3. The SMILES string of the molecule is Cc1ccc(CN2C=CN3NC(c4ccc(C)c(C)c4)CC3C2=O)cc1. The van der Waals surface area contributed by atoms with Crippen LogP contribution in [0.5, 0.6) is 0 Å². The molecule has 2 heterocycles. The molecule has 2 atom stereocenters. The van der Waals surface area contributed by atoms with Crippen molar-refractivity contribution in [2.45, 2.75) is 45.8 Å². The molecule has 0 aromatic heterocycles. The summed E-state index contributed by atoms with van der Waals surface area (Å²) in [5.74, 6) is 0.159. The number of hydrazine groups is 1. The van der Waals surface area contributed by atoms with Gasteiger partial charge >= 0.3 is 0 Å². The summed E-state index contributed by atoms with van der Waals surface area (Å²) in [5, 5.41) is 1.97. The lowest BCUT2D eigenvalue weighted by Gasteiger charge is -2.31. The van der Waals surface area contributed by atoms with Gasteiger partial charge in [-0.25, -0.2) is 5.43 Å². The van der Waals surface area contributed by atoms with Crippen molar-refractivity contribution in [2.75, 3.05) is 0 Å². The van der Waals surface area contributed by atoms with Gasteiger partial charge in [0, 0.05) is 12.4 Å². The maximum Gasteiger partial charge on any atom is 0.251 e. The maximum atomic E-state index is 13.0. The van der Waals surface area contributed by atoms with Crippen molar-refractivity contribution in [1.82, 2.24) is 15.3 Å². The Labute approximate surface area is 155 Å². The van der Waals surface area contributed by atoms with Crippen LogP contribution < -0.4 is 5.43 Å². The summed E-state index contributed by atoms with van der Waals surface area (Å²) in [6, 6.07) is 14.9. The van der Waals surface area contributed by atoms with Gasteiger partial charge in [-0.3, -0.25) is 4.79 Å². The van der Waals surface area contributed by atoms with E-state index >= 15 is 0 Å². The summed E-state index contributed by atoms with van der Waals surface area (Å²) >= 11 is 0. The van der Waals surface area contributed by atoms with Crippen LogP contribution in [0, 0.1) is 20.8 Å². The Balaban J connectivity index is 1.49. The normalized spacial score (nSPS) is 22.0. The standard InChI is InChI=1S/C22H25N3O/c1-15-4-7-18(8-5-15)14-24-10-11-25-21(22(24)26)13-20(23-25)19-9-6-16(2)17(3)12-19/h4-12,20-21,23H,13-14H2,1-3H3.